The molecule has 0 aliphatic carbocycles. The molecule has 3 aromatic carbocycles. The van der Waals surface area contributed by atoms with Crippen molar-refractivity contribution in [2.24, 2.45) is 0 Å². The Balaban J connectivity index is 1.46. The molecule has 0 spiro atoms. The Kier molecular flexibility index (Phi) is 6.09. The van der Waals surface area contributed by atoms with Gasteiger partial charge in [-0.15, -0.1) is 0 Å². The maximum atomic E-state index is 12.6. The largest absolute Gasteiger partial charge is 0.508 e. The number of nitrogens with one attached hydrogen (secondary N) is 1. The van der Waals surface area contributed by atoms with Crippen LogP contribution in [-0.4, -0.2) is 33.1 Å². The SMILES string of the molecule is CN(Cc1cccc(-c2ccc(Cc3sc(=O)[nH]c3O)cc2)c1)C(=O)c1ccc(O)cc1. The van der Waals surface area contributed by atoms with Gasteiger partial charge in [0.05, 0.1) is 4.88 Å². The molecule has 4 rings (SSSR count). The smallest absolute Gasteiger partial charge is 0.307 e. The standard InChI is InChI=1S/C25H22N2O4S/c1-27(24(30)19-9-11-21(28)12-10-19)15-17-3-2-4-20(13-17)18-7-5-16(6-8-18)14-22-23(29)26-25(31)32-22/h2-13,28-29H,14-15H2,1H3,(H,26,31). The number of aromatic nitrogens is 1. The first-order chi connectivity index (χ1) is 15.4. The van der Waals surface area contributed by atoms with Crippen molar-refractivity contribution in [1.82, 2.24) is 9.88 Å². The molecule has 0 saturated heterocycles. The van der Waals surface area contributed by atoms with E-state index in [-0.39, 0.29) is 22.4 Å². The second kappa shape index (κ2) is 9.11. The molecule has 1 amide bonds. The van der Waals surface area contributed by atoms with Crippen LogP contribution < -0.4 is 4.87 Å². The predicted molar refractivity (Wildman–Crippen MR) is 125 cm³/mol. The molecule has 32 heavy (non-hydrogen) atoms. The van der Waals surface area contributed by atoms with E-state index in [4.69, 9.17) is 0 Å². The molecule has 4 aromatic rings. The number of H-pyrrole nitrogens is 1. The Morgan fingerprint density at radius 3 is 2.31 bits per heavy atom. The minimum Gasteiger partial charge on any atom is -0.508 e. The van der Waals surface area contributed by atoms with Gasteiger partial charge in [-0.05, 0) is 52.6 Å². The van der Waals surface area contributed by atoms with Crippen molar-refractivity contribution < 1.29 is 15.0 Å². The summed E-state index contributed by atoms with van der Waals surface area (Å²) in [5.41, 5.74) is 4.59. The van der Waals surface area contributed by atoms with E-state index in [0.29, 0.717) is 23.4 Å². The van der Waals surface area contributed by atoms with E-state index >= 15 is 0 Å². The van der Waals surface area contributed by atoms with Gasteiger partial charge >= 0.3 is 4.87 Å². The topological polar surface area (TPSA) is 93.6 Å². The van der Waals surface area contributed by atoms with E-state index < -0.39 is 0 Å². The molecule has 0 aliphatic heterocycles. The molecular weight excluding hydrogens is 424 g/mol. The number of phenolic OH excluding ortho intramolecular Hbond substituents is 1. The Bertz CT molecular complexity index is 1290. The van der Waals surface area contributed by atoms with E-state index in [0.717, 1.165) is 33.6 Å². The quantitative estimate of drug-likeness (QED) is 0.410. The maximum Gasteiger partial charge on any atom is 0.307 e. The minimum absolute atomic E-state index is 0.0669. The van der Waals surface area contributed by atoms with Crippen LogP contribution in [0.5, 0.6) is 11.6 Å². The number of rotatable bonds is 6. The van der Waals surface area contributed by atoms with Crippen LogP contribution in [0.15, 0.2) is 77.6 Å². The lowest BCUT2D eigenvalue weighted by Crippen LogP contribution is -2.26. The van der Waals surface area contributed by atoms with Crippen LogP contribution in [-0.2, 0) is 13.0 Å². The molecule has 3 N–H and O–H groups in total. The zero-order valence-corrected chi connectivity index (χ0v) is 18.2. The fourth-order valence-corrected chi connectivity index (χ4v) is 4.25. The van der Waals surface area contributed by atoms with Gasteiger partial charge in [0.1, 0.15) is 5.75 Å². The zero-order valence-electron chi connectivity index (χ0n) is 17.4. The second-order valence-corrected chi connectivity index (χ2v) is 8.64. The Morgan fingerprint density at radius 1 is 0.938 bits per heavy atom. The number of thiazole rings is 1. The summed E-state index contributed by atoms with van der Waals surface area (Å²) in [6, 6.07) is 22.2. The number of hydrogen-bond acceptors (Lipinski definition) is 5. The van der Waals surface area contributed by atoms with Gasteiger partial charge in [0, 0.05) is 25.6 Å². The molecule has 1 aromatic heterocycles. The molecule has 1 heterocycles. The number of phenols is 1. The third-order valence-corrected chi connectivity index (χ3v) is 6.03. The van der Waals surface area contributed by atoms with E-state index in [1.54, 1.807) is 24.1 Å². The second-order valence-electron chi connectivity index (χ2n) is 7.57. The Morgan fingerprint density at radius 2 is 1.66 bits per heavy atom. The molecule has 162 valence electrons. The van der Waals surface area contributed by atoms with Gasteiger partial charge in [-0.1, -0.05) is 53.8 Å². The molecule has 0 radical (unpaired) electrons. The van der Waals surface area contributed by atoms with E-state index in [9.17, 15) is 19.8 Å². The zero-order chi connectivity index (χ0) is 22.7. The predicted octanol–water partition coefficient (Wildman–Crippen LogP) is 4.38. The average molecular weight is 447 g/mol. The number of benzene rings is 3. The number of amides is 1. The summed E-state index contributed by atoms with van der Waals surface area (Å²) in [6.45, 7) is 0.456. The Hall–Kier alpha value is -3.84. The van der Waals surface area contributed by atoms with Crippen molar-refractivity contribution in [2.45, 2.75) is 13.0 Å². The highest BCUT2D eigenvalue weighted by Crippen LogP contribution is 2.25. The van der Waals surface area contributed by atoms with Crippen LogP contribution >= 0.6 is 11.3 Å². The summed E-state index contributed by atoms with van der Waals surface area (Å²) in [4.78, 5) is 28.4. The molecule has 0 aliphatic rings. The van der Waals surface area contributed by atoms with Gasteiger partial charge in [-0.3, -0.25) is 14.6 Å². The number of carbonyl (C=O) groups is 1. The maximum absolute atomic E-state index is 12.6. The normalized spacial score (nSPS) is 10.8. The number of aromatic hydroxyl groups is 2. The van der Waals surface area contributed by atoms with Crippen LogP contribution in [0, 0.1) is 0 Å². The molecule has 0 atom stereocenters. The number of hydrogen-bond donors (Lipinski definition) is 3. The van der Waals surface area contributed by atoms with Crippen LogP contribution in [0.1, 0.15) is 26.4 Å². The van der Waals surface area contributed by atoms with Crippen LogP contribution in [0.4, 0.5) is 0 Å². The number of nitrogens with zero attached hydrogens (tertiary/aromatic N) is 1. The van der Waals surface area contributed by atoms with E-state index in [1.165, 1.54) is 12.1 Å². The fraction of sp³-hybridized carbons (Fsp3) is 0.120. The highest BCUT2D eigenvalue weighted by atomic mass is 32.1. The highest BCUT2D eigenvalue weighted by Gasteiger charge is 2.13. The lowest BCUT2D eigenvalue weighted by molar-refractivity contribution is 0.0785. The first-order valence-corrected chi connectivity index (χ1v) is 10.8. The van der Waals surface area contributed by atoms with Crippen molar-refractivity contribution >= 4 is 17.2 Å². The van der Waals surface area contributed by atoms with Gasteiger partial charge in [0.15, 0.2) is 0 Å². The summed E-state index contributed by atoms with van der Waals surface area (Å²) in [7, 11) is 1.75. The van der Waals surface area contributed by atoms with E-state index in [1.807, 2.05) is 42.5 Å². The molecule has 0 fully saturated rings. The van der Waals surface area contributed by atoms with Gasteiger partial charge in [0.25, 0.3) is 5.91 Å². The van der Waals surface area contributed by atoms with Crippen molar-refractivity contribution in [1.29, 1.82) is 0 Å². The summed E-state index contributed by atoms with van der Waals surface area (Å²) in [5.74, 6) is -0.0542. The molecule has 6 nitrogen and oxygen atoms in total. The van der Waals surface area contributed by atoms with Gasteiger partial charge in [0.2, 0.25) is 5.88 Å². The van der Waals surface area contributed by atoms with Gasteiger partial charge in [-0.25, -0.2) is 0 Å². The third-order valence-electron chi connectivity index (χ3n) is 5.16. The minimum atomic E-state index is -0.264. The van der Waals surface area contributed by atoms with Crippen molar-refractivity contribution in [3.05, 3.63) is 104 Å². The first-order valence-electron chi connectivity index (χ1n) is 10.0. The Labute approximate surface area is 189 Å². The van der Waals surface area contributed by atoms with Crippen LogP contribution in [0.3, 0.4) is 0 Å². The van der Waals surface area contributed by atoms with Gasteiger partial charge < -0.3 is 15.1 Å². The lowest BCUT2D eigenvalue weighted by Gasteiger charge is -2.18. The van der Waals surface area contributed by atoms with Crippen molar-refractivity contribution in [2.75, 3.05) is 7.05 Å². The molecule has 0 unspecified atom stereocenters. The molecular formula is C25H22N2O4S. The summed E-state index contributed by atoms with van der Waals surface area (Å²) in [6.07, 6.45) is 0.486. The monoisotopic (exact) mass is 446 g/mol. The van der Waals surface area contributed by atoms with Crippen molar-refractivity contribution in [3.8, 4) is 22.8 Å². The number of carbonyl (C=O) groups excluding carboxylic acids is 1. The molecule has 0 bridgehead atoms. The number of aromatic amines is 1. The summed E-state index contributed by atoms with van der Waals surface area (Å²) >= 11 is 1.01. The first kappa shape index (κ1) is 21.4. The van der Waals surface area contributed by atoms with Crippen molar-refractivity contribution in [3.63, 3.8) is 0 Å². The van der Waals surface area contributed by atoms with Crippen LogP contribution in [0.2, 0.25) is 0 Å². The molecule has 7 heteroatoms. The summed E-state index contributed by atoms with van der Waals surface area (Å²) < 4.78 is 0. The lowest BCUT2D eigenvalue weighted by atomic mass is 10.0. The average Bonchev–Trinajstić information content (AvgIpc) is 3.11. The van der Waals surface area contributed by atoms with Crippen LogP contribution in [0.25, 0.3) is 11.1 Å². The van der Waals surface area contributed by atoms with Gasteiger partial charge in [-0.2, -0.15) is 0 Å². The fourth-order valence-electron chi connectivity index (χ4n) is 3.49. The highest BCUT2D eigenvalue weighted by molar-refractivity contribution is 7.09. The molecule has 0 saturated carbocycles. The third kappa shape index (κ3) is 4.90. The van der Waals surface area contributed by atoms with E-state index in [2.05, 4.69) is 11.1 Å². The summed E-state index contributed by atoms with van der Waals surface area (Å²) in [5, 5.41) is 19.2.